The van der Waals surface area contributed by atoms with Crippen LogP contribution in [0.4, 0.5) is 11.7 Å². The summed E-state index contributed by atoms with van der Waals surface area (Å²) in [6.07, 6.45) is 0.637. The molecule has 3 rings (SSSR count). The molecule has 6 nitrogen and oxygen atoms in total. The maximum atomic E-state index is 12.5. The summed E-state index contributed by atoms with van der Waals surface area (Å²) in [5.74, 6) is 0.716. The fourth-order valence-corrected chi connectivity index (χ4v) is 2.69. The summed E-state index contributed by atoms with van der Waals surface area (Å²) in [4.78, 5) is 18.4. The van der Waals surface area contributed by atoms with Crippen LogP contribution in [-0.2, 0) is 4.79 Å². The number of benzene rings is 1. The van der Waals surface area contributed by atoms with Crippen LogP contribution in [0, 0.1) is 0 Å². The molecule has 23 heavy (non-hydrogen) atoms. The number of rotatable bonds is 4. The van der Waals surface area contributed by atoms with Gasteiger partial charge >= 0.3 is 6.01 Å². The summed E-state index contributed by atoms with van der Waals surface area (Å²) in [7, 11) is 0. The first-order valence-electron chi connectivity index (χ1n) is 7.32. The molecule has 122 valence electrons. The van der Waals surface area contributed by atoms with Crippen molar-refractivity contribution in [1.82, 2.24) is 10.1 Å². The largest absolute Gasteiger partial charge is 0.326 e. The summed E-state index contributed by atoms with van der Waals surface area (Å²) < 4.78 is 5.13. The van der Waals surface area contributed by atoms with E-state index in [0.717, 1.165) is 5.69 Å². The van der Waals surface area contributed by atoms with Crippen LogP contribution in [0.2, 0.25) is 10.0 Å². The SMILES string of the molecule is CC(C)c1noc(NC2CCN(c3ccc(Cl)c(Cl)c3)C2=O)n1. The zero-order valence-corrected chi connectivity index (χ0v) is 14.2. The monoisotopic (exact) mass is 354 g/mol. The van der Waals surface area contributed by atoms with Gasteiger partial charge in [-0.05, 0) is 24.6 Å². The van der Waals surface area contributed by atoms with Crippen molar-refractivity contribution in [2.45, 2.75) is 32.2 Å². The maximum absolute atomic E-state index is 12.5. The van der Waals surface area contributed by atoms with Crippen molar-refractivity contribution in [3.63, 3.8) is 0 Å². The van der Waals surface area contributed by atoms with E-state index in [9.17, 15) is 4.79 Å². The second-order valence-electron chi connectivity index (χ2n) is 5.69. The number of aromatic nitrogens is 2. The molecule has 0 aliphatic carbocycles. The maximum Gasteiger partial charge on any atom is 0.322 e. The van der Waals surface area contributed by atoms with Crippen LogP contribution < -0.4 is 10.2 Å². The fourth-order valence-electron chi connectivity index (χ4n) is 2.40. The zero-order valence-electron chi connectivity index (χ0n) is 12.7. The van der Waals surface area contributed by atoms with Crippen molar-refractivity contribution in [2.75, 3.05) is 16.8 Å². The highest BCUT2D eigenvalue weighted by Crippen LogP contribution is 2.30. The van der Waals surface area contributed by atoms with Crippen molar-refractivity contribution in [3.05, 3.63) is 34.1 Å². The molecule has 1 amide bonds. The van der Waals surface area contributed by atoms with Crippen LogP contribution in [-0.4, -0.2) is 28.6 Å². The van der Waals surface area contributed by atoms with E-state index in [1.54, 1.807) is 23.1 Å². The number of anilines is 2. The van der Waals surface area contributed by atoms with Crippen LogP contribution in [0.25, 0.3) is 0 Å². The molecule has 1 N–H and O–H groups in total. The Balaban J connectivity index is 1.71. The van der Waals surface area contributed by atoms with Gasteiger partial charge in [0.15, 0.2) is 5.82 Å². The molecule has 0 radical (unpaired) electrons. The summed E-state index contributed by atoms with van der Waals surface area (Å²) in [5.41, 5.74) is 0.724. The Morgan fingerprint density at radius 3 is 2.78 bits per heavy atom. The van der Waals surface area contributed by atoms with E-state index in [1.165, 1.54) is 0 Å². The minimum Gasteiger partial charge on any atom is -0.326 e. The molecule has 1 aliphatic rings. The molecule has 1 fully saturated rings. The lowest BCUT2D eigenvalue weighted by Crippen LogP contribution is -2.33. The number of nitrogens with zero attached hydrogens (tertiary/aromatic N) is 3. The Kier molecular flexibility index (Phi) is 4.46. The Labute approximate surface area is 143 Å². The van der Waals surface area contributed by atoms with Gasteiger partial charge in [-0.15, -0.1) is 0 Å². The van der Waals surface area contributed by atoms with E-state index in [4.69, 9.17) is 27.7 Å². The van der Waals surface area contributed by atoms with E-state index in [2.05, 4.69) is 15.5 Å². The van der Waals surface area contributed by atoms with E-state index in [0.29, 0.717) is 28.8 Å². The molecule has 0 saturated carbocycles. The first-order valence-corrected chi connectivity index (χ1v) is 8.08. The smallest absolute Gasteiger partial charge is 0.322 e. The normalized spacial score (nSPS) is 18.0. The molecular weight excluding hydrogens is 339 g/mol. The van der Waals surface area contributed by atoms with Gasteiger partial charge in [0.25, 0.3) is 0 Å². The number of halogens is 2. The first-order chi connectivity index (χ1) is 11.0. The summed E-state index contributed by atoms with van der Waals surface area (Å²) in [6.45, 7) is 4.53. The Morgan fingerprint density at radius 2 is 2.13 bits per heavy atom. The predicted molar refractivity (Wildman–Crippen MR) is 89.2 cm³/mol. The van der Waals surface area contributed by atoms with Crippen molar-refractivity contribution < 1.29 is 9.32 Å². The number of nitrogens with one attached hydrogen (secondary N) is 1. The summed E-state index contributed by atoms with van der Waals surface area (Å²) in [6, 6.07) is 5.01. The van der Waals surface area contributed by atoms with Crippen LogP contribution in [0.3, 0.4) is 0 Å². The molecule has 1 unspecified atom stereocenters. The van der Waals surface area contributed by atoms with Crippen LogP contribution in [0.5, 0.6) is 0 Å². The third kappa shape index (κ3) is 3.28. The molecule has 1 aliphatic heterocycles. The van der Waals surface area contributed by atoms with Crippen molar-refractivity contribution >= 4 is 40.8 Å². The minimum atomic E-state index is -0.398. The van der Waals surface area contributed by atoms with Crippen molar-refractivity contribution in [1.29, 1.82) is 0 Å². The second kappa shape index (κ2) is 6.37. The third-order valence-corrected chi connectivity index (χ3v) is 4.42. The molecular formula is C15H16Cl2N4O2. The second-order valence-corrected chi connectivity index (χ2v) is 6.50. The van der Waals surface area contributed by atoms with Gasteiger partial charge in [0.05, 0.1) is 10.0 Å². The molecule has 1 atom stereocenters. The van der Waals surface area contributed by atoms with Gasteiger partial charge in [0, 0.05) is 18.2 Å². The number of hydrogen-bond acceptors (Lipinski definition) is 5. The average Bonchev–Trinajstić information content (AvgIpc) is 3.11. The fraction of sp³-hybridized carbons (Fsp3) is 0.400. The third-order valence-electron chi connectivity index (χ3n) is 3.68. The van der Waals surface area contributed by atoms with Crippen LogP contribution in [0.1, 0.15) is 32.0 Å². The topological polar surface area (TPSA) is 71.3 Å². The molecule has 0 spiro atoms. The van der Waals surface area contributed by atoms with Gasteiger partial charge in [0.2, 0.25) is 5.91 Å². The number of carbonyl (C=O) groups excluding carboxylic acids is 1. The molecule has 8 heteroatoms. The quantitative estimate of drug-likeness (QED) is 0.905. The molecule has 2 aromatic rings. The average molecular weight is 355 g/mol. The van der Waals surface area contributed by atoms with E-state index in [-0.39, 0.29) is 17.8 Å². The van der Waals surface area contributed by atoms with Gasteiger partial charge in [-0.2, -0.15) is 4.98 Å². The molecule has 1 saturated heterocycles. The van der Waals surface area contributed by atoms with Gasteiger partial charge in [0.1, 0.15) is 6.04 Å². The zero-order chi connectivity index (χ0) is 16.6. The van der Waals surface area contributed by atoms with Gasteiger partial charge in [-0.25, -0.2) is 0 Å². The Hall–Kier alpha value is -1.79. The highest BCUT2D eigenvalue weighted by molar-refractivity contribution is 6.42. The molecule has 1 aromatic carbocycles. The highest BCUT2D eigenvalue weighted by Gasteiger charge is 2.33. The number of hydrogen-bond donors (Lipinski definition) is 1. The summed E-state index contributed by atoms with van der Waals surface area (Å²) >= 11 is 11.9. The lowest BCUT2D eigenvalue weighted by molar-refractivity contribution is -0.117. The van der Waals surface area contributed by atoms with Gasteiger partial charge in [-0.1, -0.05) is 42.2 Å². The lowest BCUT2D eigenvalue weighted by atomic mass is 10.2. The van der Waals surface area contributed by atoms with Crippen LogP contribution >= 0.6 is 23.2 Å². The Bertz CT molecular complexity index is 732. The van der Waals surface area contributed by atoms with E-state index in [1.807, 2.05) is 13.8 Å². The molecule has 1 aromatic heterocycles. The Morgan fingerprint density at radius 1 is 1.35 bits per heavy atom. The van der Waals surface area contributed by atoms with Crippen molar-refractivity contribution in [2.24, 2.45) is 0 Å². The molecule has 2 heterocycles. The first kappa shape index (κ1) is 16.1. The van der Waals surface area contributed by atoms with Gasteiger partial charge in [-0.3, -0.25) is 4.79 Å². The minimum absolute atomic E-state index is 0.0623. The van der Waals surface area contributed by atoms with Gasteiger partial charge < -0.3 is 14.7 Å². The molecule has 0 bridgehead atoms. The lowest BCUT2D eigenvalue weighted by Gasteiger charge is -2.17. The standard InChI is InChI=1S/C15H16Cl2N4O2/c1-8(2)13-19-15(23-20-13)18-12-5-6-21(14(12)22)9-3-4-10(16)11(17)7-9/h3-4,7-8,12H,5-6H2,1-2H3,(H,18,19,20). The predicted octanol–water partition coefficient (Wildman–Crippen LogP) is 3.72. The van der Waals surface area contributed by atoms with E-state index >= 15 is 0 Å². The summed E-state index contributed by atoms with van der Waals surface area (Å²) in [5, 5.41) is 7.76. The highest BCUT2D eigenvalue weighted by atomic mass is 35.5. The van der Waals surface area contributed by atoms with Crippen LogP contribution in [0.15, 0.2) is 22.7 Å². The number of carbonyl (C=O) groups is 1. The number of amides is 1. The van der Waals surface area contributed by atoms with E-state index < -0.39 is 6.04 Å². The van der Waals surface area contributed by atoms with Crippen molar-refractivity contribution in [3.8, 4) is 0 Å².